The SMILES string of the molecule is COc1cc(C=O)cc(C)c1OC(C)=O. The minimum Gasteiger partial charge on any atom is -0.493 e. The van der Waals surface area contributed by atoms with Gasteiger partial charge in [0.15, 0.2) is 11.5 Å². The summed E-state index contributed by atoms with van der Waals surface area (Å²) >= 11 is 0. The van der Waals surface area contributed by atoms with E-state index in [0.717, 1.165) is 0 Å². The molecule has 0 aliphatic heterocycles. The summed E-state index contributed by atoms with van der Waals surface area (Å²) in [5.41, 5.74) is 1.17. The molecule has 1 aromatic carbocycles. The average Bonchev–Trinajstić information content (AvgIpc) is 2.20. The van der Waals surface area contributed by atoms with E-state index < -0.39 is 5.97 Å². The molecule has 0 saturated carbocycles. The monoisotopic (exact) mass is 208 g/mol. The first-order valence-electron chi connectivity index (χ1n) is 4.40. The number of hydrogen-bond acceptors (Lipinski definition) is 4. The smallest absolute Gasteiger partial charge is 0.308 e. The zero-order valence-electron chi connectivity index (χ0n) is 8.87. The van der Waals surface area contributed by atoms with E-state index in [4.69, 9.17) is 9.47 Å². The fourth-order valence-electron chi connectivity index (χ4n) is 1.26. The fraction of sp³-hybridized carbons (Fsp3) is 0.273. The van der Waals surface area contributed by atoms with Crippen molar-refractivity contribution in [2.24, 2.45) is 0 Å². The van der Waals surface area contributed by atoms with Gasteiger partial charge in [-0.3, -0.25) is 9.59 Å². The number of benzene rings is 1. The summed E-state index contributed by atoms with van der Waals surface area (Å²) in [6.07, 6.45) is 0.715. The van der Waals surface area contributed by atoms with Crippen LogP contribution >= 0.6 is 0 Å². The van der Waals surface area contributed by atoms with Gasteiger partial charge in [0, 0.05) is 12.5 Å². The molecule has 0 radical (unpaired) electrons. The second-order valence-electron chi connectivity index (χ2n) is 3.08. The minimum atomic E-state index is -0.421. The van der Waals surface area contributed by atoms with Gasteiger partial charge in [-0.2, -0.15) is 0 Å². The predicted octanol–water partition coefficient (Wildman–Crippen LogP) is 1.74. The highest BCUT2D eigenvalue weighted by molar-refractivity contribution is 5.78. The normalized spacial score (nSPS) is 9.53. The van der Waals surface area contributed by atoms with Gasteiger partial charge in [0.2, 0.25) is 0 Å². The summed E-state index contributed by atoms with van der Waals surface area (Å²) in [4.78, 5) is 21.4. The summed E-state index contributed by atoms with van der Waals surface area (Å²) < 4.78 is 10.0. The average molecular weight is 208 g/mol. The van der Waals surface area contributed by atoms with Crippen molar-refractivity contribution in [2.45, 2.75) is 13.8 Å². The van der Waals surface area contributed by atoms with E-state index in [1.807, 2.05) is 0 Å². The van der Waals surface area contributed by atoms with Gasteiger partial charge < -0.3 is 9.47 Å². The van der Waals surface area contributed by atoms with Crippen molar-refractivity contribution in [1.29, 1.82) is 0 Å². The maximum atomic E-state index is 10.8. The van der Waals surface area contributed by atoms with Gasteiger partial charge in [-0.05, 0) is 24.6 Å². The largest absolute Gasteiger partial charge is 0.493 e. The van der Waals surface area contributed by atoms with Gasteiger partial charge in [-0.15, -0.1) is 0 Å². The summed E-state index contributed by atoms with van der Waals surface area (Å²) in [6.45, 7) is 3.06. The van der Waals surface area contributed by atoms with E-state index in [0.29, 0.717) is 28.9 Å². The van der Waals surface area contributed by atoms with Crippen molar-refractivity contribution < 1.29 is 19.1 Å². The molecule has 0 unspecified atom stereocenters. The molecule has 0 atom stereocenters. The molecule has 0 spiro atoms. The number of esters is 1. The highest BCUT2D eigenvalue weighted by Gasteiger charge is 2.11. The number of rotatable bonds is 3. The summed E-state index contributed by atoms with van der Waals surface area (Å²) in [5.74, 6) is 0.318. The summed E-state index contributed by atoms with van der Waals surface area (Å²) in [5, 5.41) is 0. The van der Waals surface area contributed by atoms with Crippen molar-refractivity contribution in [3.05, 3.63) is 23.3 Å². The van der Waals surface area contributed by atoms with E-state index in [1.54, 1.807) is 13.0 Å². The third-order valence-electron chi connectivity index (χ3n) is 1.86. The quantitative estimate of drug-likeness (QED) is 0.431. The summed E-state index contributed by atoms with van der Waals surface area (Å²) in [6, 6.07) is 3.16. The number of methoxy groups -OCH3 is 1. The van der Waals surface area contributed by atoms with Gasteiger partial charge in [0.05, 0.1) is 7.11 Å². The Balaban J connectivity index is 3.23. The molecule has 0 amide bonds. The maximum Gasteiger partial charge on any atom is 0.308 e. The van der Waals surface area contributed by atoms with Crippen LogP contribution in [0.2, 0.25) is 0 Å². The molecule has 0 saturated heterocycles. The second-order valence-corrected chi connectivity index (χ2v) is 3.08. The Hall–Kier alpha value is -1.84. The van der Waals surface area contributed by atoms with Gasteiger partial charge in [0.1, 0.15) is 6.29 Å². The molecule has 0 N–H and O–H groups in total. The Morgan fingerprint density at radius 3 is 2.53 bits per heavy atom. The number of aryl methyl sites for hydroxylation is 1. The van der Waals surface area contributed by atoms with E-state index in [2.05, 4.69) is 0 Å². The van der Waals surface area contributed by atoms with Crippen LogP contribution in [0.5, 0.6) is 11.5 Å². The molecular weight excluding hydrogens is 196 g/mol. The molecule has 0 fully saturated rings. The Bertz CT molecular complexity index is 396. The van der Waals surface area contributed by atoms with Crippen LogP contribution in [0, 0.1) is 6.92 Å². The Labute approximate surface area is 87.8 Å². The number of carbonyl (C=O) groups excluding carboxylic acids is 2. The van der Waals surface area contributed by atoms with Crippen LogP contribution in [0.25, 0.3) is 0 Å². The third-order valence-corrected chi connectivity index (χ3v) is 1.86. The highest BCUT2D eigenvalue weighted by Crippen LogP contribution is 2.31. The molecule has 4 heteroatoms. The molecule has 0 heterocycles. The van der Waals surface area contributed by atoms with Gasteiger partial charge in [-0.1, -0.05) is 0 Å². The molecule has 4 nitrogen and oxygen atoms in total. The van der Waals surface area contributed by atoms with Crippen LogP contribution in [0.15, 0.2) is 12.1 Å². The lowest BCUT2D eigenvalue weighted by atomic mass is 10.1. The molecule has 0 aliphatic rings. The number of aldehydes is 1. The van der Waals surface area contributed by atoms with Crippen molar-refractivity contribution in [1.82, 2.24) is 0 Å². The lowest BCUT2D eigenvalue weighted by molar-refractivity contribution is -0.132. The van der Waals surface area contributed by atoms with Crippen molar-refractivity contribution in [3.8, 4) is 11.5 Å². The molecule has 0 bridgehead atoms. The van der Waals surface area contributed by atoms with Gasteiger partial charge in [0.25, 0.3) is 0 Å². The van der Waals surface area contributed by atoms with Crippen molar-refractivity contribution in [2.75, 3.05) is 7.11 Å². The number of ether oxygens (including phenoxy) is 2. The molecule has 0 aliphatic carbocycles. The molecule has 80 valence electrons. The van der Waals surface area contributed by atoms with Gasteiger partial charge in [-0.25, -0.2) is 0 Å². The molecular formula is C11H12O4. The Morgan fingerprint density at radius 1 is 1.40 bits per heavy atom. The van der Waals surface area contributed by atoms with Gasteiger partial charge >= 0.3 is 5.97 Å². The number of carbonyl (C=O) groups is 2. The predicted molar refractivity (Wildman–Crippen MR) is 54.4 cm³/mol. The lowest BCUT2D eigenvalue weighted by Gasteiger charge is -2.11. The van der Waals surface area contributed by atoms with E-state index in [-0.39, 0.29) is 0 Å². The van der Waals surface area contributed by atoms with E-state index >= 15 is 0 Å². The molecule has 0 aromatic heterocycles. The van der Waals surface area contributed by atoms with Crippen LogP contribution in [-0.2, 0) is 4.79 Å². The van der Waals surface area contributed by atoms with E-state index in [9.17, 15) is 9.59 Å². The van der Waals surface area contributed by atoms with E-state index in [1.165, 1.54) is 20.1 Å². The van der Waals surface area contributed by atoms with Crippen LogP contribution in [0.1, 0.15) is 22.8 Å². The van der Waals surface area contributed by atoms with Crippen LogP contribution in [-0.4, -0.2) is 19.4 Å². The Morgan fingerprint density at radius 2 is 2.07 bits per heavy atom. The maximum absolute atomic E-state index is 10.8. The molecule has 15 heavy (non-hydrogen) atoms. The molecule has 1 rings (SSSR count). The fourth-order valence-corrected chi connectivity index (χ4v) is 1.26. The first kappa shape index (κ1) is 11.2. The standard InChI is InChI=1S/C11H12O4/c1-7-4-9(6-12)5-10(14-3)11(7)15-8(2)13/h4-6H,1-3H3. The summed E-state index contributed by atoms with van der Waals surface area (Å²) in [7, 11) is 1.45. The first-order chi connectivity index (χ1) is 7.08. The highest BCUT2D eigenvalue weighted by atomic mass is 16.6. The van der Waals surface area contributed by atoms with Crippen LogP contribution in [0.4, 0.5) is 0 Å². The van der Waals surface area contributed by atoms with Crippen molar-refractivity contribution in [3.63, 3.8) is 0 Å². The zero-order valence-corrected chi connectivity index (χ0v) is 8.87. The van der Waals surface area contributed by atoms with Crippen LogP contribution < -0.4 is 9.47 Å². The van der Waals surface area contributed by atoms with Crippen LogP contribution in [0.3, 0.4) is 0 Å². The Kier molecular flexibility index (Phi) is 3.44. The van der Waals surface area contributed by atoms with Crippen molar-refractivity contribution >= 4 is 12.3 Å². The second kappa shape index (κ2) is 4.59. The minimum absolute atomic E-state index is 0.357. The lowest BCUT2D eigenvalue weighted by Crippen LogP contribution is -2.05. The zero-order chi connectivity index (χ0) is 11.4. The molecule has 1 aromatic rings. The first-order valence-corrected chi connectivity index (χ1v) is 4.40. The third kappa shape index (κ3) is 2.56. The number of hydrogen-bond donors (Lipinski definition) is 0. The topological polar surface area (TPSA) is 52.6 Å².